The number of rotatable bonds is 3. The maximum Gasteiger partial charge on any atom is 0.0638 e. The smallest absolute Gasteiger partial charge is 0.0638 e. The predicted octanol–water partition coefficient (Wildman–Crippen LogP) is 0.937. The van der Waals surface area contributed by atoms with Gasteiger partial charge < -0.3 is 0 Å². The van der Waals surface area contributed by atoms with Crippen LogP contribution in [0.1, 0.15) is 20.8 Å². The van der Waals surface area contributed by atoms with Crippen molar-refractivity contribution in [1.82, 2.24) is 5.43 Å². The monoisotopic (exact) mass is 134 g/mol. The Hall–Kier alpha value is 0.270. The first-order valence-corrected chi connectivity index (χ1v) is 3.72. The van der Waals surface area contributed by atoms with Crippen LogP contribution in [0.5, 0.6) is 0 Å². The number of thioether (sulfide) groups is 1. The van der Waals surface area contributed by atoms with Gasteiger partial charge in [0.25, 0.3) is 0 Å². The summed E-state index contributed by atoms with van der Waals surface area (Å²) in [5.74, 6) is 5.15. The summed E-state index contributed by atoms with van der Waals surface area (Å²) in [6.07, 6.45) is 0. The number of nitrogens with one attached hydrogen (secondary N) is 1. The van der Waals surface area contributed by atoms with E-state index >= 15 is 0 Å². The molecule has 0 aromatic rings. The highest BCUT2D eigenvalue weighted by atomic mass is 32.2. The van der Waals surface area contributed by atoms with E-state index in [1.807, 2.05) is 18.7 Å². The van der Waals surface area contributed by atoms with E-state index in [0.717, 1.165) is 0 Å². The summed E-state index contributed by atoms with van der Waals surface area (Å²) in [6, 6.07) is 0. The van der Waals surface area contributed by atoms with Crippen LogP contribution >= 0.6 is 11.8 Å². The number of hydrazine groups is 1. The average Bonchev–Trinajstić information content (AvgIpc) is 1.65. The van der Waals surface area contributed by atoms with Gasteiger partial charge in [-0.2, -0.15) is 0 Å². The Labute approximate surface area is 55.2 Å². The lowest BCUT2D eigenvalue weighted by Crippen LogP contribution is -2.30. The van der Waals surface area contributed by atoms with Gasteiger partial charge in [-0.15, -0.1) is 11.8 Å². The maximum atomic E-state index is 5.15. The zero-order valence-corrected chi connectivity index (χ0v) is 6.46. The van der Waals surface area contributed by atoms with Gasteiger partial charge in [-0.1, -0.05) is 13.8 Å². The van der Waals surface area contributed by atoms with Crippen molar-refractivity contribution in [2.24, 2.45) is 5.84 Å². The van der Waals surface area contributed by atoms with Gasteiger partial charge in [-0.25, -0.2) is 5.43 Å². The predicted molar refractivity (Wildman–Crippen MR) is 39.5 cm³/mol. The summed E-state index contributed by atoms with van der Waals surface area (Å²) in [4.78, 5) is 0. The summed E-state index contributed by atoms with van der Waals surface area (Å²) >= 11 is 1.82. The Morgan fingerprint density at radius 2 is 1.88 bits per heavy atom. The summed E-state index contributed by atoms with van der Waals surface area (Å²) in [5.41, 5.74) is 2.66. The molecule has 1 unspecified atom stereocenters. The summed E-state index contributed by atoms with van der Waals surface area (Å²) in [7, 11) is 0. The SMILES string of the molecule is CC(C)SC(C)NN. The topological polar surface area (TPSA) is 38.0 Å². The highest BCUT2D eigenvalue weighted by Crippen LogP contribution is 2.12. The number of hydrogen-bond acceptors (Lipinski definition) is 3. The Morgan fingerprint density at radius 3 is 2.00 bits per heavy atom. The van der Waals surface area contributed by atoms with Gasteiger partial charge in [0.1, 0.15) is 0 Å². The lowest BCUT2D eigenvalue weighted by molar-refractivity contribution is 0.730. The lowest BCUT2D eigenvalue weighted by atomic mass is 10.6. The number of nitrogens with two attached hydrogens (primary N) is 1. The van der Waals surface area contributed by atoms with Gasteiger partial charge in [0.05, 0.1) is 5.37 Å². The maximum absolute atomic E-state index is 5.15. The third kappa shape index (κ3) is 4.43. The molecule has 0 bridgehead atoms. The van der Waals surface area contributed by atoms with Crippen molar-refractivity contribution in [2.45, 2.75) is 31.4 Å². The molecule has 0 radical (unpaired) electrons. The van der Waals surface area contributed by atoms with Gasteiger partial charge in [0, 0.05) is 5.25 Å². The van der Waals surface area contributed by atoms with Crippen LogP contribution in [0.4, 0.5) is 0 Å². The van der Waals surface area contributed by atoms with E-state index in [2.05, 4.69) is 19.3 Å². The molecule has 2 nitrogen and oxygen atoms in total. The van der Waals surface area contributed by atoms with Gasteiger partial charge in [0.15, 0.2) is 0 Å². The van der Waals surface area contributed by atoms with Crippen molar-refractivity contribution in [3.8, 4) is 0 Å². The third-order valence-electron chi connectivity index (χ3n) is 0.711. The largest absolute Gasteiger partial charge is 0.270 e. The van der Waals surface area contributed by atoms with Crippen LogP contribution in [-0.4, -0.2) is 10.6 Å². The highest BCUT2D eigenvalue weighted by molar-refractivity contribution is 8.00. The van der Waals surface area contributed by atoms with Crippen LogP contribution < -0.4 is 11.3 Å². The molecule has 0 saturated carbocycles. The molecule has 3 heteroatoms. The van der Waals surface area contributed by atoms with E-state index in [0.29, 0.717) is 10.6 Å². The highest BCUT2D eigenvalue weighted by Gasteiger charge is 1.99. The Kier molecular flexibility index (Phi) is 4.32. The van der Waals surface area contributed by atoms with E-state index in [1.165, 1.54) is 0 Å². The van der Waals surface area contributed by atoms with Crippen LogP contribution in [-0.2, 0) is 0 Å². The molecule has 0 saturated heterocycles. The molecule has 3 N–H and O–H groups in total. The van der Waals surface area contributed by atoms with E-state index in [4.69, 9.17) is 5.84 Å². The molecular weight excluding hydrogens is 120 g/mol. The van der Waals surface area contributed by atoms with E-state index in [9.17, 15) is 0 Å². The standard InChI is InChI=1S/C5H14N2S/c1-4(2)8-5(3)7-6/h4-5,7H,6H2,1-3H3. The molecule has 0 aliphatic heterocycles. The summed E-state index contributed by atoms with van der Waals surface area (Å²) < 4.78 is 0. The normalized spacial score (nSPS) is 14.6. The van der Waals surface area contributed by atoms with Crippen LogP contribution in [0.25, 0.3) is 0 Å². The van der Waals surface area contributed by atoms with Crippen LogP contribution in [0, 0.1) is 0 Å². The van der Waals surface area contributed by atoms with Crippen molar-refractivity contribution < 1.29 is 0 Å². The zero-order valence-electron chi connectivity index (χ0n) is 5.64. The molecule has 50 valence electrons. The Balaban J connectivity index is 3.10. The fourth-order valence-electron chi connectivity index (χ4n) is 0.448. The Morgan fingerprint density at radius 1 is 1.38 bits per heavy atom. The van der Waals surface area contributed by atoms with Crippen LogP contribution in [0.15, 0.2) is 0 Å². The fourth-order valence-corrected chi connectivity index (χ4v) is 1.34. The lowest BCUT2D eigenvalue weighted by Gasteiger charge is -2.10. The zero-order chi connectivity index (χ0) is 6.57. The molecular formula is C5H14N2S. The molecule has 0 fully saturated rings. The first kappa shape index (κ1) is 8.27. The average molecular weight is 134 g/mol. The second-order valence-electron chi connectivity index (χ2n) is 1.99. The molecule has 0 rings (SSSR count). The minimum absolute atomic E-state index is 0.370. The second kappa shape index (κ2) is 4.18. The minimum Gasteiger partial charge on any atom is -0.270 e. The second-order valence-corrected chi connectivity index (χ2v) is 3.92. The molecule has 0 aromatic heterocycles. The quantitative estimate of drug-likeness (QED) is 0.343. The third-order valence-corrected chi connectivity index (χ3v) is 1.80. The summed E-state index contributed by atoms with van der Waals surface area (Å²) in [5, 5.41) is 1.02. The molecule has 0 spiro atoms. The minimum atomic E-state index is 0.370. The molecule has 8 heavy (non-hydrogen) atoms. The number of hydrogen-bond donors (Lipinski definition) is 2. The first-order chi connectivity index (χ1) is 3.66. The van der Waals surface area contributed by atoms with Crippen molar-refractivity contribution in [1.29, 1.82) is 0 Å². The van der Waals surface area contributed by atoms with Crippen molar-refractivity contribution in [2.75, 3.05) is 0 Å². The van der Waals surface area contributed by atoms with Crippen LogP contribution in [0.2, 0.25) is 0 Å². The molecule has 0 aliphatic carbocycles. The van der Waals surface area contributed by atoms with Crippen molar-refractivity contribution in [3.63, 3.8) is 0 Å². The van der Waals surface area contributed by atoms with Gasteiger partial charge >= 0.3 is 0 Å². The van der Waals surface area contributed by atoms with Crippen LogP contribution in [0.3, 0.4) is 0 Å². The fraction of sp³-hybridized carbons (Fsp3) is 1.00. The first-order valence-electron chi connectivity index (χ1n) is 2.78. The molecule has 0 heterocycles. The van der Waals surface area contributed by atoms with Crippen molar-refractivity contribution in [3.05, 3.63) is 0 Å². The molecule has 0 aromatic carbocycles. The van der Waals surface area contributed by atoms with E-state index in [1.54, 1.807) is 0 Å². The van der Waals surface area contributed by atoms with Gasteiger partial charge in [-0.3, -0.25) is 5.84 Å². The molecule has 0 aliphatic rings. The van der Waals surface area contributed by atoms with E-state index < -0.39 is 0 Å². The van der Waals surface area contributed by atoms with Gasteiger partial charge in [0.2, 0.25) is 0 Å². The van der Waals surface area contributed by atoms with Crippen molar-refractivity contribution >= 4 is 11.8 Å². The molecule has 0 amide bonds. The molecule has 1 atom stereocenters. The Bertz CT molecular complexity index is 56.4. The van der Waals surface area contributed by atoms with E-state index in [-0.39, 0.29) is 0 Å². The summed E-state index contributed by atoms with van der Waals surface area (Å²) in [6.45, 7) is 6.35. The van der Waals surface area contributed by atoms with Gasteiger partial charge in [-0.05, 0) is 6.92 Å².